The van der Waals surface area contributed by atoms with Gasteiger partial charge in [-0.2, -0.15) is 0 Å². The molecule has 0 aliphatic heterocycles. The summed E-state index contributed by atoms with van der Waals surface area (Å²) in [5.41, 5.74) is 0. The second kappa shape index (κ2) is 5.02. The molecule has 0 heterocycles. The van der Waals surface area contributed by atoms with Gasteiger partial charge in [-0.3, -0.25) is 0 Å². The third-order valence-corrected chi connectivity index (χ3v) is 1.03. The Hall–Kier alpha value is -0.130. The summed E-state index contributed by atoms with van der Waals surface area (Å²) in [5.74, 6) is 0. The molecule has 0 bridgehead atoms. The van der Waals surface area contributed by atoms with Gasteiger partial charge in [-0.15, -0.1) is 0 Å². The fourth-order valence-electron chi connectivity index (χ4n) is 0.239. The van der Waals surface area contributed by atoms with Crippen molar-refractivity contribution in [2.75, 3.05) is 20.3 Å². The third-order valence-electron chi connectivity index (χ3n) is 0.547. The number of methoxy groups -OCH3 is 1. The van der Waals surface area contributed by atoms with Crippen LogP contribution in [0.15, 0.2) is 0 Å². The summed E-state index contributed by atoms with van der Waals surface area (Å²) in [5, 5.41) is 0. The van der Waals surface area contributed by atoms with Crippen LogP contribution in [0.4, 0.5) is 0 Å². The van der Waals surface area contributed by atoms with Crippen molar-refractivity contribution < 1.29 is 13.2 Å². The van der Waals surface area contributed by atoms with E-state index in [2.05, 4.69) is 9.46 Å². The van der Waals surface area contributed by atoms with Crippen LogP contribution in [0.3, 0.4) is 0 Å². The predicted molar refractivity (Wildman–Crippen MR) is 30.2 cm³/mol. The van der Waals surface area contributed by atoms with E-state index >= 15 is 0 Å². The molecule has 0 aliphatic rings. The summed E-state index contributed by atoms with van der Waals surface area (Å²) in [4.78, 5) is 0. The highest BCUT2D eigenvalue weighted by Crippen LogP contribution is 1.61. The van der Waals surface area contributed by atoms with Gasteiger partial charge in [-0.25, -0.2) is 13.1 Å². The minimum atomic E-state index is -2.44. The molecule has 0 radical (unpaired) electrons. The van der Waals surface area contributed by atoms with Crippen LogP contribution in [0, 0.1) is 0 Å². The van der Waals surface area contributed by atoms with Gasteiger partial charge in [-0.1, -0.05) is 0 Å². The van der Waals surface area contributed by atoms with Crippen LogP contribution in [0.1, 0.15) is 0 Å². The van der Waals surface area contributed by atoms with E-state index in [1.165, 1.54) is 7.11 Å². The van der Waals surface area contributed by atoms with Gasteiger partial charge in [0.1, 0.15) is 0 Å². The first-order valence-corrected chi connectivity index (χ1v) is 3.32. The Morgan fingerprint density at radius 3 is 2.62 bits per heavy atom. The third kappa shape index (κ3) is 5.87. The van der Waals surface area contributed by atoms with Gasteiger partial charge in [-0.05, 0) is 0 Å². The zero-order valence-corrected chi connectivity index (χ0v) is 5.48. The highest BCUT2D eigenvalue weighted by Gasteiger charge is 1.81. The average molecular weight is 139 g/mol. The van der Waals surface area contributed by atoms with Gasteiger partial charge >= 0.3 is 0 Å². The molecule has 0 aromatic carbocycles. The van der Waals surface area contributed by atoms with Crippen molar-refractivity contribution in [1.82, 2.24) is 4.72 Å². The van der Waals surface area contributed by atoms with Crippen molar-refractivity contribution in [2.24, 2.45) is 0 Å². The van der Waals surface area contributed by atoms with E-state index in [9.17, 15) is 8.42 Å². The van der Waals surface area contributed by atoms with Gasteiger partial charge in [0.25, 0.3) is 0 Å². The molecule has 0 aromatic heterocycles. The molecule has 0 rings (SSSR count). The molecule has 0 unspecified atom stereocenters. The van der Waals surface area contributed by atoms with Crippen LogP contribution in [-0.2, 0) is 15.6 Å². The first kappa shape index (κ1) is 7.87. The van der Waals surface area contributed by atoms with E-state index in [1.54, 1.807) is 0 Å². The minimum absolute atomic E-state index is 0.356. The van der Waals surface area contributed by atoms with E-state index in [-0.39, 0.29) is 0 Å². The first-order chi connectivity index (χ1) is 3.77. The lowest BCUT2D eigenvalue weighted by molar-refractivity contribution is 0.204. The average Bonchev–Trinajstić information content (AvgIpc) is 1.66. The molecule has 0 fully saturated rings. The largest absolute Gasteiger partial charge is 0.383 e. The molecule has 50 valence electrons. The van der Waals surface area contributed by atoms with Crippen LogP contribution in [0.25, 0.3) is 0 Å². The Kier molecular flexibility index (Phi) is 4.93. The number of thiol groups is 1. The fourth-order valence-corrected chi connectivity index (χ4v) is 0.513. The molecular weight excluding hydrogens is 130 g/mol. The van der Waals surface area contributed by atoms with Crippen LogP contribution >= 0.6 is 0 Å². The predicted octanol–water partition coefficient (Wildman–Crippen LogP) is -1.25. The zero-order chi connectivity index (χ0) is 6.41. The van der Waals surface area contributed by atoms with Crippen molar-refractivity contribution in [2.45, 2.75) is 0 Å². The normalized spacial score (nSPS) is 10.2. The van der Waals surface area contributed by atoms with E-state index in [4.69, 9.17) is 0 Å². The van der Waals surface area contributed by atoms with E-state index in [0.717, 1.165) is 0 Å². The highest BCUT2D eigenvalue weighted by molar-refractivity contribution is 7.70. The van der Waals surface area contributed by atoms with Crippen molar-refractivity contribution in [3.8, 4) is 0 Å². The number of hydrogen-bond donors (Lipinski definition) is 2. The Labute approximate surface area is 49.9 Å². The quantitative estimate of drug-likeness (QED) is 0.378. The van der Waals surface area contributed by atoms with Crippen LogP contribution in [-0.4, -0.2) is 28.7 Å². The van der Waals surface area contributed by atoms with E-state index in [0.29, 0.717) is 13.2 Å². The molecule has 8 heavy (non-hydrogen) atoms. The second-order valence-corrected chi connectivity index (χ2v) is 1.99. The summed E-state index contributed by atoms with van der Waals surface area (Å²) in [7, 11) is -0.929. The lowest BCUT2D eigenvalue weighted by Crippen LogP contribution is -2.16. The molecule has 0 atom stereocenters. The molecule has 1 N–H and O–H groups in total. The molecule has 0 aliphatic carbocycles. The SMILES string of the molecule is COCCN[SH](=O)=O. The lowest BCUT2D eigenvalue weighted by atomic mass is 10.7. The van der Waals surface area contributed by atoms with Crippen LogP contribution < -0.4 is 4.72 Å². The zero-order valence-electron chi connectivity index (χ0n) is 4.59. The van der Waals surface area contributed by atoms with Crippen LogP contribution in [0.5, 0.6) is 0 Å². The number of hydrogen-bond acceptors (Lipinski definition) is 3. The Morgan fingerprint density at radius 2 is 2.25 bits per heavy atom. The highest BCUT2D eigenvalue weighted by atomic mass is 32.2. The molecule has 4 nitrogen and oxygen atoms in total. The van der Waals surface area contributed by atoms with E-state index in [1.807, 2.05) is 0 Å². The maximum Gasteiger partial charge on any atom is 0.201 e. The van der Waals surface area contributed by atoms with Gasteiger partial charge in [0, 0.05) is 13.7 Å². The van der Waals surface area contributed by atoms with Gasteiger partial charge in [0.2, 0.25) is 10.9 Å². The number of rotatable bonds is 4. The Balaban J connectivity index is 2.94. The van der Waals surface area contributed by atoms with Crippen molar-refractivity contribution in [1.29, 1.82) is 0 Å². The summed E-state index contributed by atoms with van der Waals surface area (Å²) in [6.45, 7) is 0.776. The van der Waals surface area contributed by atoms with Crippen LogP contribution in [0.2, 0.25) is 0 Å². The van der Waals surface area contributed by atoms with Gasteiger partial charge in [0.15, 0.2) is 0 Å². The molecule has 0 saturated carbocycles. The van der Waals surface area contributed by atoms with Gasteiger partial charge < -0.3 is 4.74 Å². The smallest absolute Gasteiger partial charge is 0.201 e. The molecule has 5 heteroatoms. The maximum atomic E-state index is 9.74. The Morgan fingerprint density at radius 1 is 1.62 bits per heavy atom. The van der Waals surface area contributed by atoms with Crippen molar-refractivity contribution in [3.63, 3.8) is 0 Å². The fraction of sp³-hybridized carbons (Fsp3) is 1.00. The maximum absolute atomic E-state index is 9.74. The molecular formula is C3H9NO3S. The summed E-state index contributed by atoms with van der Waals surface area (Å²) >= 11 is 0. The summed E-state index contributed by atoms with van der Waals surface area (Å²) in [6.07, 6.45) is 0. The monoisotopic (exact) mass is 139 g/mol. The number of ether oxygens (including phenoxy) is 1. The first-order valence-electron chi connectivity index (χ1n) is 2.14. The molecule has 0 saturated heterocycles. The lowest BCUT2D eigenvalue weighted by Gasteiger charge is -1.92. The molecule has 0 amide bonds. The standard InChI is InChI=1S/C3H9NO3S/c1-7-3-2-4-8(5)6/h8H,2-3H2,1H3,(H,4,5,6). The van der Waals surface area contributed by atoms with Crippen molar-refractivity contribution in [3.05, 3.63) is 0 Å². The number of nitrogens with one attached hydrogen (secondary N) is 1. The summed E-state index contributed by atoms with van der Waals surface area (Å²) < 4.78 is 26.2. The van der Waals surface area contributed by atoms with E-state index < -0.39 is 10.9 Å². The Bertz CT molecular complexity index is 103. The summed E-state index contributed by atoms with van der Waals surface area (Å²) in [6, 6.07) is 0. The molecule has 0 spiro atoms. The van der Waals surface area contributed by atoms with Gasteiger partial charge in [0.05, 0.1) is 6.61 Å². The minimum Gasteiger partial charge on any atom is -0.383 e. The topological polar surface area (TPSA) is 55.4 Å². The van der Waals surface area contributed by atoms with Crippen molar-refractivity contribution >= 4 is 10.9 Å². The second-order valence-electron chi connectivity index (χ2n) is 1.16. The molecule has 0 aromatic rings.